The van der Waals surface area contributed by atoms with Crippen molar-refractivity contribution in [2.75, 3.05) is 0 Å². The molecule has 2 rings (SSSR count). The van der Waals surface area contributed by atoms with Gasteiger partial charge in [-0.1, -0.05) is 55.4 Å². The minimum absolute atomic E-state index is 0.296. The Kier molecular flexibility index (Phi) is 5.39. The molecule has 118 valence electrons. The Morgan fingerprint density at radius 2 is 2.14 bits per heavy atom. The van der Waals surface area contributed by atoms with Crippen molar-refractivity contribution in [1.29, 1.82) is 0 Å². The van der Waals surface area contributed by atoms with Crippen LogP contribution < -0.4 is 0 Å². The van der Waals surface area contributed by atoms with Gasteiger partial charge in [0.2, 0.25) is 0 Å². The number of hydrogen-bond donors (Lipinski definition) is 0. The summed E-state index contributed by atoms with van der Waals surface area (Å²) >= 11 is 0. The van der Waals surface area contributed by atoms with Gasteiger partial charge >= 0.3 is 0 Å². The van der Waals surface area contributed by atoms with Crippen molar-refractivity contribution < 1.29 is 4.79 Å². The number of allylic oxidation sites excluding steroid dienone is 10. The third-order valence-corrected chi connectivity index (χ3v) is 4.76. The summed E-state index contributed by atoms with van der Waals surface area (Å²) in [7, 11) is 0. The molecule has 22 heavy (non-hydrogen) atoms. The van der Waals surface area contributed by atoms with Crippen LogP contribution in [0.5, 0.6) is 0 Å². The second kappa shape index (κ2) is 7.09. The largest absolute Gasteiger partial charge is 0.303 e. The van der Waals surface area contributed by atoms with Crippen molar-refractivity contribution in [3.8, 4) is 0 Å². The number of rotatable bonds is 5. The SMILES string of the molecule is CC1=C(/C=C/C(C)=C\C2=CC(CC=O)=CC2)C(C)(C)CCC1. The third kappa shape index (κ3) is 4.19. The fraction of sp³-hybridized carbons (Fsp3) is 0.476. The first-order valence-electron chi connectivity index (χ1n) is 8.32. The second-order valence-corrected chi connectivity index (χ2v) is 7.23. The molecule has 0 unspecified atom stereocenters. The van der Waals surface area contributed by atoms with E-state index in [1.54, 1.807) is 0 Å². The van der Waals surface area contributed by atoms with Gasteiger partial charge in [0.05, 0.1) is 0 Å². The quantitative estimate of drug-likeness (QED) is 0.458. The Balaban J connectivity index is 2.09. The monoisotopic (exact) mass is 296 g/mol. The van der Waals surface area contributed by atoms with Gasteiger partial charge in [-0.05, 0) is 61.7 Å². The molecule has 0 saturated carbocycles. The Morgan fingerprint density at radius 1 is 1.36 bits per heavy atom. The zero-order chi connectivity index (χ0) is 16.2. The molecule has 0 bridgehead atoms. The molecule has 0 amide bonds. The lowest BCUT2D eigenvalue weighted by atomic mass is 9.72. The van der Waals surface area contributed by atoms with Gasteiger partial charge in [0.25, 0.3) is 0 Å². The highest BCUT2D eigenvalue weighted by molar-refractivity contribution is 5.58. The van der Waals surface area contributed by atoms with Crippen molar-refractivity contribution in [2.45, 2.75) is 59.8 Å². The van der Waals surface area contributed by atoms with Gasteiger partial charge < -0.3 is 4.79 Å². The van der Waals surface area contributed by atoms with Gasteiger partial charge in [0, 0.05) is 6.42 Å². The van der Waals surface area contributed by atoms with Crippen LogP contribution in [0.2, 0.25) is 0 Å². The Morgan fingerprint density at radius 3 is 2.82 bits per heavy atom. The summed E-state index contributed by atoms with van der Waals surface area (Å²) in [5, 5.41) is 0. The van der Waals surface area contributed by atoms with Gasteiger partial charge in [-0.25, -0.2) is 0 Å². The predicted molar refractivity (Wildman–Crippen MR) is 94.7 cm³/mol. The summed E-state index contributed by atoms with van der Waals surface area (Å²) in [5.74, 6) is 0. The van der Waals surface area contributed by atoms with Crippen LogP contribution in [0.25, 0.3) is 0 Å². The highest BCUT2D eigenvalue weighted by atomic mass is 16.1. The lowest BCUT2D eigenvalue weighted by Crippen LogP contribution is -2.19. The molecule has 0 atom stereocenters. The van der Waals surface area contributed by atoms with E-state index in [4.69, 9.17) is 0 Å². The molecule has 0 aromatic carbocycles. The van der Waals surface area contributed by atoms with Crippen LogP contribution in [0, 0.1) is 5.41 Å². The summed E-state index contributed by atoms with van der Waals surface area (Å²) in [6, 6.07) is 0. The first-order chi connectivity index (χ1) is 10.4. The first kappa shape index (κ1) is 16.7. The van der Waals surface area contributed by atoms with Crippen LogP contribution in [-0.2, 0) is 4.79 Å². The fourth-order valence-corrected chi connectivity index (χ4v) is 3.51. The Bertz CT molecular complexity index is 591. The standard InChI is InChI=1S/C21H28O/c1-16(14-19-9-8-18(15-19)11-13-22)7-10-20-17(2)6-5-12-21(20,3)4/h7-8,10,13-15H,5-6,9,11-12H2,1-4H3/b10-7+,16-14-. The van der Waals surface area contributed by atoms with Crippen LogP contribution in [0.1, 0.15) is 59.8 Å². The number of carbonyl (C=O) groups is 1. The highest BCUT2D eigenvalue weighted by Crippen LogP contribution is 2.40. The molecule has 0 spiro atoms. The van der Waals surface area contributed by atoms with Crippen molar-refractivity contribution in [1.82, 2.24) is 0 Å². The second-order valence-electron chi connectivity index (χ2n) is 7.23. The van der Waals surface area contributed by atoms with Crippen LogP contribution in [0.4, 0.5) is 0 Å². The molecule has 0 fully saturated rings. The fourth-order valence-electron chi connectivity index (χ4n) is 3.51. The molecule has 0 heterocycles. The van der Waals surface area contributed by atoms with Gasteiger partial charge in [-0.15, -0.1) is 0 Å². The smallest absolute Gasteiger partial charge is 0.124 e. The molecular weight excluding hydrogens is 268 g/mol. The van der Waals surface area contributed by atoms with Crippen LogP contribution in [0.3, 0.4) is 0 Å². The maximum Gasteiger partial charge on any atom is 0.124 e. The van der Waals surface area contributed by atoms with Crippen molar-refractivity contribution >= 4 is 6.29 Å². The molecule has 0 radical (unpaired) electrons. The normalized spacial score (nSPS) is 22.1. The van der Waals surface area contributed by atoms with Crippen LogP contribution in [-0.4, -0.2) is 6.29 Å². The summed E-state index contributed by atoms with van der Waals surface area (Å²) in [5.41, 5.74) is 7.05. The zero-order valence-corrected chi connectivity index (χ0v) is 14.4. The maximum atomic E-state index is 10.6. The van der Waals surface area contributed by atoms with Gasteiger partial charge in [-0.2, -0.15) is 0 Å². The number of aldehydes is 1. The number of carbonyl (C=O) groups excluding carboxylic acids is 1. The van der Waals surface area contributed by atoms with E-state index < -0.39 is 0 Å². The van der Waals surface area contributed by atoms with E-state index in [1.165, 1.54) is 41.6 Å². The Hall–Kier alpha value is -1.63. The van der Waals surface area contributed by atoms with E-state index in [-0.39, 0.29) is 0 Å². The molecule has 0 aliphatic heterocycles. The Labute approximate surface area is 135 Å². The molecule has 0 aromatic rings. The third-order valence-electron chi connectivity index (χ3n) is 4.76. The lowest BCUT2D eigenvalue weighted by molar-refractivity contribution is -0.107. The molecule has 1 nitrogen and oxygen atoms in total. The molecule has 2 aliphatic carbocycles. The molecule has 1 heteroatoms. The van der Waals surface area contributed by atoms with E-state index in [1.807, 2.05) is 0 Å². The predicted octanol–water partition coefficient (Wildman–Crippen LogP) is 5.86. The van der Waals surface area contributed by atoms with Crippen LogP contribution >= 0.6 is 0 Å². The molecule has 2 aliphatic rings. The zero-order valence-electron chi connectivity index (χ0n) is 14.4. The van der Waals surface area contributed by atoms with Gasteiger partial charge in [0.1, 0.15) is 6.29 Å². The molecule has 0 N–H and O–H groups in total. The molecule has 0 aromatic heterocycles. The average molecular weight is 296 g/mol. The summed E-state index contributed by atoms with van der Waals surface area (Å²) in [4.78, 5) is 10.6. The average Bonchev–Trinajstić information content (AvgIpc) is 2.85. The summed E-state index contributed by atoms with van der Waals surface area (Å²) < 4.78 is 0. The van der Waals surface area contributed by atoms with Crippen molar-refractivity contribution in [2.24, 2.45) is 5.41 Å². The van der Waals surface area contributed by atoms with Crippen molar-refractivity contribution in [3.05, 3.63) is 58.2 Å². The topological polar surface area (TPSA) is 17.1 Å². The number of hydrogen-bond acceptors (Lipinski definition) is 1. The van der Waals surface area contributed by atoms with E-state index in [0.29, 0.717) is 11.8 Å². The first-order valence-corrected chi connectivity index (χ1v) is 8.32. The van der Waals surface area contributed by atoms with Gasteiger partial charge in [0.15, 0.2) is 0 Å². The van der Waals surface area contributed by atoms with E-state index in [9.17, 15) is 4.79 Å². The van der Waals surface area contributed by atoms with E-state index >= 15 is 0 Å². The highest BCUT2D eigenvalue weighted by Gasteiger charge is 2.26. The molecular formula is C21H28O. The van der Waals surface area contributed by atoms with Gasteiger partial charge in [-0.3, -0.25) is 0 Å². The van der Waals surface area contributed by atoms with E-state index in [2.05, 4.69) is 58.1 Å². The van der Waals surface area contributed by atoms with Crippen LogP contribution in [0.15, 0.2) is 58.2 Å². The van der Waals surface area contributed by atoms with E-state index in [0.717, 1.165) is 18.3 Å². The lowest BCUT2D eigenvalue weighted by Gasteiger charge is -2.32. The van der Waals surface area contributed by atoms with Crippen molar-refractivity contribution in [3.63, 3.8) is 0 Å². The minimum Gasteiger partial charge on any atom is -0.303 e. The minimum atomic E-state index is 0.296. The maximum absolute atomic E-state index is 10.6. The summed E-state index contributed by atoms with van der Waals surface area (Å²) in [6.45, 7) is 9.13. The summed E-state index contributed by atoms with van der Waals surface area (Å²) in [6.07, 6.45) is 17.3. The molecule has 0 saturated heterocycles.